The molecule has 3 unspecified atom stereocenters. The molecule has 0 bridgehead atoms. The van der Waals surface area contributed by atoms with E-state index in [9.17, 15) is 19.4 Å². The van der Waals surface area contributed by atoms with Gasteiger partial charge in [-0.25, -0.2) is 4.57 Å². The highest BCUT2D eigenvalue weighted by Gasteiger charge is 2.27. The van der Waals surface area contributed by atoms with Gasteiger partial charge < -0.3 is 21.1 Å². The highest BCUT2D eigenvalue weighted by molar-refractivity contribution is 7.47. The molecule has 0 spiro atoms. The van der Waals surface area contributed by atoms with Gasteiger partial charge in [0, 0.05) is 13.0 Å². The number of phosphoric acid groups is 1. The third-order valence-corrected chi connectivity index (χ3v) is 12.2. The monoisotopic (exact) mass is 865 g/mol. The van der Waals surface area contributed by atoms with E-state index in [-0.39, 0.29) is 25.7 Å². The number of aliphatic hydroxyl groups excluding tert-OH is 1. The quantitative estimate of drug-likeness (QED) is 0.0272. The molecule has 0 aliphatic carbocycles. The van der Waals surface area contributed by atoms with E-state index >= 15 is 0 Å². The molecule has 0 fully saturated rings. The summed E-state index contributed by atoms with van der Waals surface area (Å²) in [6.45, 7) is 4.12. The van der Waals surface area contributed by atoms with Crippen molar-refractivity contribution in [3.63, 3.8) is 0 Å². The maximum absolute atomic E-state index is 12.8. The number of aliphatic hydroxyl groups is 1. The fourth-order valence-corrected chi connectivity index (χ4v) is 8.18. The molecule has 5 N–H and O–H groups in total. The molecule has 0 radical (unpaired) electrons. The summed E-state index contributed by atoms with van der Waals surface area (Å²) in [6, 6.07) is -0.779. The highest BCUT2D eigenvalue weighted by atomic mass is 31.2. The van der Waals surface area contributed by atoms with Gasteiger partial charge in [0.2, 0.25) is 5.91 Å². The van der Waals surface area contributed by atoms with Crippen molar-refractivity contribution in [1.82, 2.24) is 5.32 Å². The highest BCUT2D eigenvalue weighted by Crippen LogP contribution is 2.43. The van der Waals surface area contributed by atoms with E-state index in [0.29, 0.717) is 12.8 Å². The van der Waals surface area contributed by atoms with E-state index in [2.05, 4.69) is 67.8 Å². The van der Waals surface area contributed by atoms with Crippen LogP contribution in [0.3, 0.4) is 0 Å². The van der Waals surface area contributed by atoms with Crippen molar-refractivity contribution < 1.29 is 28.4 Å². The molecule has 3 atom stereocenters. The number of rotatable bonds is 47. The zero-order valence-corrected chi connectivity index (χ0v) is 40.1. The molecule has 8 nitrogen and oxygen atoms in total. The molecule has 0 aromatic heterocycles. The standard InChI is InChI=1S/C51H97N2O6P/c1-3-5-7-9-11-13-15-17-19-21-23-24-25-26-27-29-31-33-35-37-39-41-43-45-51(55)53-49(48-59-60(56,57)58-47-46-52)50(54)44-42-40-38-36-34-32-30-28-22-20-18-16-14-12-10-8-6-4-2/h5,7,11,13,17,19,23-24,49-50,54H,3-4,6,8-10,12,14-16,18,20-22,25-48,52H2,1-2H3,(H,53,55)(H,56,57)/b7-5-,13-11-,19-17-,24-23-. The van der Waals surface area contributed by atoms with Gasteiger partial charge in [-0.05, 0) is 51.4 Å². The van der Waals surface area contributed by atoms with Crippen molar-refractivity contribution in [2.75, 3.05) is 19.8 Å². The van der Waals surface area contributed by atoms with Gasteiger partial charge in [0.05, 0.1) is 25.4 Å². The minimum atomic E-state index is -4.32. The average Bonchev–Trinajstić information content (AvgIpc) is 3.24. The normalized spacial score (nSPS) is 14.3. The van der Waals surface area contributed by atoms with Gasteiger partial charge in [-0.3, -0.25) is 13.8 Å². The number of nitrogens with one attached hydrogen (secondary N) is 1. The van der Waals surface area contributed by atoms with Crippen molar-refractivity contribution >= 4 is 13.7 Å². The third kappa shape index (κ3) is 44.5. The Bertz CT molecular complexity index is 1080. The maximum atomic E-state index is 12.8. The predicted octanol–water partition coefficient (Wildman–Crippen LogP) is 14.8. The van der Waals surface area contributed by atoms with Crippen molar-refractivity contribution in [1.29, 1.82) is 0 Å². The summed E-state index contributed by atoms with van der Waals surface area (Å²) in [5.41, 5.74) is 5.40. The zero-order chi connectivity index (χ0) is 43.9. The largest absolute Gasteiger partial charge is 0.472 e. The summed E-state index contributed by atoms with van der Waals surface area (Å²) < 4.78 is 22.3. The molecule has 352 valence electrons. The Kier molecular flexibility index (Phi) is 45.7. The first-order valence-corrected chi connectivity index (χ1v) is 26.7. The van der Waals surface area contributed by atoms with Gasteiger partial charge in [-0.1, -0.05) is 229 Å². The zero-order valence-electron chi connectivity index (χ0n) is 39.2. The van der Waals surface area contributed by atoms with Crippen LogP contribution in [-0.2, 0) is 18.4 Å². The first-order chi connectivity index (χ1) is 29.4. The first kappa shape index (κ1) is 58.5. The number of nitrogens with two attached hydrogens (primary N) is 1. The summed E-state index contributed by atoms with van der Waals surface area (Å²) in [5, 5.41) is 13.9. The van der Waals surface area contributed by atoms with Crippen LogP contribution >= 0.6 is 7.82 Å². The van der Waals surface area contributed by atoms with Crippen LogP contribution in [0.5, 0.6) is 0 Å². The Morgan fingerprint density at radius 1 is 0.567 bits per heavy atom. The molecule has 0 saturated heterocycles. The van der Waals surface area contributed by atoms with Gasteiger partial charge >= 0.3 is 7.82 Å². The van der Waals surface area contributed by atoms with Gasteiger partial charge in [-0.15, -0.1) is 0 Å². The minimum Gasteiger partial charge on any atom is -0.391 e. The molecule has 60 heavy (non-hydrogen) atoms. The van der Waals surface area contributed by atoms with E-state index < -0.39 is 20.0 Å². The maximum Gasteiger partial charge on any atom is 0.472 e. The molecule has 0 aromatic carbocycles. The summed E-state index contributed by atoms with van der Waals surface area (Å²) in [5.74, 6) is -0.165. The second-order valence-corrected chi connectivity index (χ2v) is 18.5. The summed E-state index contributed by atoms with van der Waals surface area (Å²) in [4.78, 5) is 22.8. The van der Waals surface area contributed by atoms with Crippen molar-refractivity contribution in [2.24, 2.45) is 5.73 Å². The van der Waals surface area contributed by atoms with E-state index in [1.807, 2.05) is 0 Å². The first-order valence-electron chi connectivity index (χ1n) is 25.3. The van der Waals surface area contributed by atoms with E-state index in [0.717, 1.165) is 64.2 Å². The number of hydrogen-bond acceptors (Lipinski definition) is 6. The van der Waals surface area contributed by atoms with Gasteiger partial charge in [0.1, 0.15) is 0 Å². The number of carbonyl (C=O) groups is 1. The lowest BCUT2D eigenvalue weighted by atomic mass is 10.0. The molecular formula is C51H97N2O6P. The van der Waals surface area contributed by atoms with Crippen LogP contribution in [0.15, 0.2) is 48.6 Å². The molecule has 9 heteroatoms. The van der Waals surface area contributed by atoms with Crippen molar-refractivity contribution in [3.8, 4) is 0 Å². The molecule has 0 heterocycles. The fraction of sp³-hybridized carbons (Fsp3) is 0.824. The number of hydrogen-bond donors (Lipinski definition) is 4. The fourth-order valence-electron chi connectivity index (χ4n) is 7.42. The van der Waals surface area contributed by atoms with Crippen LogP contribution in [0, 0.1) is 0 Å². The van der Waals surface area contributed by atoms with Crippen molar-refractivity contribution in [3.05, 3.63) is 48.6 Å². The second-order valence-electron chi connectivity index (χ2n) is 17.0. The SMILES string of the molecule is CC/C=C\C/C=C\C/C=C\C/C=C\CCCCCCCCCCCCC(=O)NC(COP(=O)(O)OCCN)C(O)CCCCCCCCCCCCCCCCCCCC. The second kappa shape index (κ2) is 47.0. The Balaban J connectivity index is 4.06. The lowest BCUT2D eigenvalue weighted by Crippen LogP contribution is -2.46. The van der Waals surface area contributed by atoms with Gasteiger partial charge in [-0.2, -0.15) is 0 Å². The van der Waals surface area contributed by atoms with Crippen LogP contribution in [0.2, 0.25) is 0 Å². The van der Waals surface area contributed by atoms with E-state index in [1.165, 1.54) is 148 Å². The molecule has 0 aliphatic heterocycles. The lowest BCUT2D eigenvalue weighted by molar-refractivity contribution is -0.123. The van der Waals surface area contributed by atoms with Crippen LogP contribution in [0.1, 0.15) is 239 Å². The predicted molar refractivity (Wildman–Crippen MR) is 258 cm³/mol. The number of allylic oxidation sites excluding steroid dienone is 8. The molecule has 0 aromatic rings. The number of unbranched alkanes of at least 4 members (excludes halogenated alkanes) is 27. The smallest absolute Gasteiger partial charge is 0.391 e. The average molecular weight is 865 g/mol. The molecule has 0 rings (SSSR count). The number of amides is 1. The Hall–Kier alpha value is -1.54. The minimum absolute atomic E-state index is 0.0871. The Morgan fingerprint density at radius 3 is 1.42 bits per heavy atom. The van der Waals surface area contributed by atoms with Crippen LogP contribution in [0.4, 0.5) is 0 Å². The van der Waals surface area contributed by atoms with E-state index in [1.54, 1.807) is 0 Å². The Labute approximate surface area is 371 Å². The molecule has 1 amide bonds. The molecular weight excluding hydrogens is 768 g/mol. The van der Waals surface area contributed by atoms with Gasteiger partial charge in [0.25, 0.3) is 0 Å². The number of phosphoric ester groups is 1. The van der Waals surface area contributed by atoms with Crippen molar-refractivity contribution in [2.45, 2.75) is 251 Å². The van der Waals surface area contributed by atoms with Gasteiger partial charge in [0.15, 0.2) is 0 Å². The Morgan fingerprint density at radius 2 is 0.967 bits per heavy atom. The van der Waals surface area contributed by atoms with E-state index in [4.69, 9.17) is 14.8 Å². The molecule has 0 saturated carbocycles. The van der Waals surface area contributed by atoms with Crippen LogP contribution in [-0.4, -0.2) is 47.8 Å². The van der Waals surface area contributed by atoms with Crippen LogP contribution < -0.4 is 11.1 Å². The molecule has 0 aliphatic rings. The lowest BCUT2D eigenvalue weighted by Gasteiger charge is -2.25. The number of carbonyl (C=O) groups excluding carboxylic acids is 1. The summed E-state index contributed by atoms with van der Waals surface area (Å²) in [7, 11) is -4.32. The topological polar surface area (TPSA) is 131 Å². The summed E-state index contributed by atoms with van der Waals surface area (Å²) in [6.07, 6.45) is 58.4. The van der Waals surface area contributed by atoms with Crippen LogP contribution in [0.25, 0.3) is 0 Å². The summed E-state index contributed by atoms with van der Waals surface area (Å²) >= 11 is 0. The third-order valence-electron chi connectivity index (χ3n) is 11.2.